The number of likely N-dealkylation sites (tertiary alicyclic amines) is 2. The molecule has 0 radical (unpaired) electrons. The summed E-state index contributed by atoms with van der Waals surface area (Å²) in [6.07, 6.45) is 6.67. The SMILES string of the molecule is CSCC[C@H](NC(=O)[C@@H]1CCCN1C(=O)CNC(=O)[C@H](CCCCN)NC(=O)[C@H](Cc1cnc[nH]1)NC(=O)[C@H](CO)NC(=O)[C@H](CC(C)C)NC(=O)[C@H](CCCN=C(N)N)NC(=O)[C@@H]1CCCN1C(=O)[C@H](CCCN=C(N)N)NC(=O)[C@@H]1CCC(=O)N1)C(=O)N[C@@H](Cc1ccccc1Cl)C(=O)O. The van der Waals surface area contributed by atoms with E-state index < -0.39 is 151 Å². The van der Waals surface area contributed by atoms with E-state index in [0.717, 1.165) is 0 Å². The van der Waals surface area contributed by atoms with Gasteiger partial charge in [-0.05, 0) is 126 Å². The van der Waals surface area contributed by atoms with E-state index in [2.05, 4.69) is 73.1 Å². The number of H-pyrrole nitrogens is 1. The number of aliphatic carboxylic acids is 1. The van der Waals surface area contributed by atoms with Crippen molar-refractivity contribution in [1.29, 1.82) is 0 Å². The lowest BCUT2D eigenvalue weighted by Crippen LogP contribution is -2.61. The number of aromatic nitrogens is 2. The molecular weight excluding hydrogens is 1370 g/mol. The fourth-order valence-corrected chi connectivity index (χ4v) is 12.5. The lowest BCUT2D eigenvalue weighted by Gasteiger charge is -2.31. The van der Waals surface area contributed by atoms with E-state index in [1.807, 2.05) is 0 Å². The summed E-state index contributed by atoms with van der Waals surface area (Å²) >= 11 is 7.67. The number of guanidine groups is 2. The topological polar surface area (TPSA) is 573 Å². The number of aliphatic hydroxyl groups is 1. The lowest BCUT2D eigenvalue weighted by molar-refractivity contribution is -0.143. The van der Waals surface area contributed by atoms with Crippen molar-refractivity contribution in [1.82, 2.24) is 72.9 Å². The quantitative estimate of drug-likeness (QED) is 0.0168. The van der Waals surface area contributed by atoms with E-state index in [1.54, 1.807) is 44.4 Å². The van der Waals surface area contributed by atoms with Gasteiger partial charge >= 0.3 is 5.97 Å². The smallest absolute Gasteiger partial charge is 0.326 e. The van der Waals surface area contributed by atoms with Crippen molar-refractivity contribution >= 4 is 112 Å². The summed E-state index contributed by atoms with van der Waals surface area (Å²) in [5.74, 6) is -10.6. The normalized spacial score (nSPS) is 17.9. The van der Waals surface area contributed by atoms with Crippen molar-refractivity contribution in [2.24, 2.45) is 44.6 Å². The van der Waals surface area contributed by atoms with Crippen LogP contribution in [-0.2, 0) is 75.2 Å². The third kappa shape index (κ3) is 27.2. The van der Waals surface area contributed by atoms with Gasteiger partial charge in [-0.3, -0.25) is 67.5 Å². The minimum atomic E-state index is -1.77. The monoisotopic (exact) mass is 1470 g/mol. The number of carbonyl (C=O) groups is 13. The molecule has 0 spiro atoms. The molecule has 0 aliphatic carbocycles. The molecule has 4 heterocycles. The second-order valence-electron chi connectivity index (χ2n) is 25.5. The molecule has 3 fully saturated rings. The zero-order valence-electron chi connectivity index (χ0n) is 57.7. The molecule has 1 aromatic carbocycles. The fourth-order valence-electron chi connectivity index (χ4n) is 11.8. The number of benzene rings is 1. The lowest BCUT2D eigenvalue weighted by atomic mass is 10.0. The summed E-state index contributed by atoms with van der Waals surface area (Å²) in [6, 6.07) is -7.68. The number of thioether (sulfide) groups is 1. The molecule has 3 aliphatic heterocycles. The van der Waals surface area contributed by atoms with E-state index in [4.69, 9.17) is 40.3 Å². The zero-order valence-corrected chi connectivity index (χ0v) is 59.3. The Labute approximate surface area is 600 Å². The molecule has 12 amide bonds. The minimum Gasteiger partial charge on any atom is -0.480 e. The molecule has 3 aliphatic rings. The summed E-state index contributed by atoms with van der Waals surface area (Å²) in [5.41, 5.74) is 28.7. The van der Waals surface area contributed by atoms with E-state index in [1.165, 1.54) is 34.1 Å². The van der Waals surface area contributed by atoms with Gasteiger partial charge in [-0.15, -0.1) is 0 Å². The van der Waals surface area contributed by atoms with Crippen molar-refractivity contribution in [2.75, 3.05) is 57.9 Å². The number of hydrogen-bond donors (Lipinski definition) is 18. The van der Waals surface area contributed by atoms with E-state index in [0.29, 0.717) is 47.7 Å². The minimum absolute atomic E-state index is 0.00407. The van der Waals surface area contributed by atoms with Gasteiger partial charge in [-0.1, -0.05) is 43.6 Å². The molecule has 23 N–H and O–H groups in total. The van der Waals surface area contributed by atoms with E-state index >= 15 is 0 Å². The molecule has 5 rings (SSSR count). The summed E-state index contributed by atoms with van der Waals surface area (Å²) in [6.45, 7) is 2.41. The highest BCUT2D eigenvalue weighted by molar-refractivity contribution is 7.98. The number of nitrogens with one attached hydrogen (secondary N) is 11. The molecular formula is C64H100ClN21O15S. The van der Waals surface area contributed by atoms with Crippen LogP contribution in [0.1, 0.15) is 121 Å². The Hall–Kier alpha value is -9.36. The number of nitrogens with two attached hydrogens (primary N) is 5. The maximum atomic E-state index is 14.5. The number of carboxylic acid groups (broad SMARTS) is 1. The Morgan fingerprint density at radius 3 is 1.75 bits per heavy atom. The first-order chi connectivity index (χ1) is 48.6. The van der Waals surface area contributed by atoms with Gasteiger partial charge in [0.05, 0.1) is 19.5 Å². The number of hydrogen-bond acceptors (Lipinski definition) is 19. The highest BCUT2D eigenvalue weighted by Crippen LogP contribution is 2.23. The van der Waals surface area contributed by atoms with E-state index in [9.17, 15) is 72.5 Å². The number of amides is 12. The summed E-state index contributed by atoms with van der Waals surface area (Å²) < 4.78 is 0. The van der Waals surface area contributed by atoms with Crippen LogP contribution in [0.2, 0.25) is 5.02 Å². The van der Waals surface area contributed by atoms with Crippen LogP contribution in [0.3, 0.4) is 0 Å². The maximum absolute atomic E-state index is 14.5. The molecule has 3 saturated heterocycles. The Balaban J connectivity index is 1.27. The molecule has 36 nitrogen and oxygen atoms in total. The molecule has 0 bridgehead atoms. The molecule has 102 heavy (non-hydrogen) atoms. The maximum Gasteiger partial charge on any atom is 0.326 e. The standard InChI is InChI=1S/C64H100ClN21O15S/c1-35(2)28-44(81-53(91)40(15-8-23-72-63(67)68)78-60(98)49-18-11-26-86(49)61(99)43(16-9-24-73-64(69)70)80-54(92)41-19-20-50(88)76-41)56(94)84-47(33-87)58(96)82-45(30-37-31-71-34-75-37)57(95)77-39(14-6-7-22-66)52(90)74-32-51(89)85-25-10-17-48(85)59(97)79-42(21-27-102-3)55(93)83-46(62(100)101)29-36-12-4-5-13-38(36)65/h4-5,12-13,31,34-35,39-49,87H,6-11,14-30,32-33,66H2,1-3H3,(H,71,75)(H,74,90)(H,76,88)(H,77,95)(H,78,98)(H,79,97)(H,80,92)(H,81,91)(H,82,96)(H,83,93)(H,84,94)(H,100,101)(H4,67,68,72)(H4,69,70,73)/t39-,40-,41-,42-,43-,44-,45-,46-,47-,48-,49-/m0/s1. The van der Waals surface area contributed by atoms with Crippen molar-refractivity contribution in [3.63, 3.8) is 0 Å². The van der Waals surface area contributed by atoms with Crippen LogP contribution in [0.4, 0.5) is 0 Å². The molecule has 564 valence electrons. The van der Waals surface area contributed by atoms with Crippen molar-refractivity contribution in [3.8, 4) is 0 Å². The van der Waals surface area contributed by atoms with Crippen LogP contribution in [0.25, 0.3) is 0 Å². The number of rotatable bonds is 43. The summed E-state index contributed by atoms with van der Waals surface area (Å²) in [7, 11) is 0. The summed E-state index contributed by atoms with van der Waals surface area (Å²) in [5, 5.41) is 47.1. The van der Waals surface area contributed by atoms with Crippen molar-refractivity contribution < 1.29 is 72.5 Å². The number of aromatic amines is 1. The highest BCUT2D eigenvalue weighted by Gasteiger charge is 2.42. The van der Waals surface area contributed by atoms with Gasteiger partial charge in [0.1, 0.15) is 66.5 Å². The highest BCUT2D eigenvalue weighted by atomic mass is 35.5. The third-order valence-electron chi connectivity index (χ3n) is 17.2. The van der Waals surface area contributed by atoms with Gasteiger partial charge in [-0.25, -0.2) is 9.78 Å². The number of halogens is 1. The van der Waals surface area contributed by atoms with Crippen LogP contribution >= 0.6 is 23.4 Å². The number of carboxylic acids is 1. The van der Waals surface area contributed by atoms with E-state index in [-0.39, 0.29) is 140 Å². The predicted molar refractivity (Wildman–Crippen MR) is 376 cm³/mol. The van der Waals surface area contributed by atoms with Gasteiger partial charge in [0, 0.05) is 62.4 Å². The second-order valence-corrected chi connectivity index (χ2v) is 26.9. The average Bonchev–Trinajstić information content (AvgIpc) is 1.63. The number of unbranched alkanes of at least 4 members (excludes halogenated alkanes) is 1. The first-order valence-corrected chi connectivity index (χ1v) is 35.9. The molecule has 0 saturated carbocycles. The number of imidazole rings is 1. The number of aliphatic imine (C=N–C) groups is 2. The Morgan fingerprint density at radius 1 is 0.647 bits per heavy atom. The van der Waals surface area contributed by atoms with Crippen LogP contribution < -0.4 is 81.8 Å². The van der Waals surface area contributed by atoms with Gasteiger partial charge in [-0.2, -0.15) is 11.8 Å². The number of carbonyl (C=O) groups excluding carboxylic acids is 12. The first-order valence-electron chi connectivity index (χ1n) is 34.1. The molecule has 1 aromatic heterocycles. The second kappa shape index (κ2) is 42.8. The van der Waals surface area contributed by atoms with Crippen molar-refractivity contribution in [3.05, 3.63) is 53.1 Å². The summed E-state index contributed by atoms with van der Waals surface area (Å²) in [4.78, 5) is 197. The zero-order chi connectivity index (χ0) is 75.0. The van der Waals surface area contributed by atoms with Gasteiger partial charge < -0.3 is 107 Å². The van der Waals surface area contributed by atoms with Crippen LogP contribution in [0.15, 0.2) is 46.8 Å². The molecule has 2 aromatic rings. The largest absolute Gasteiger partial charge is 0.480 e. The number of aliphatic hydroxyl groups excluding tert-OH is 1. The molecule has 38 heteroatoms. The predicted octanol–water partition coefficient (Wildman–Crippen LogP) is -4.78. The van der Waals surface area contributed by atoms with Crippen LogP contribution in [-0.4, -0.2) is 243 Å². The number of nitrogens with zero attached hydrogens (tertiary/aromatic N) is 5. The first kappa shape index (κ1) is 83.3. The van der Waals surface area contributed by atoms with Crippen LogP contribution in [0.5, 0.6) is 0 Å². The van der Waals surface area contributed by atoms with Crippen molar-refractivity contribution in [2.45, 2.75) is 189 Å². The Morgan fingerprint density at radius 2 is 1.18 bits per heavy atom. The Bertz CT molecular complexity index is 3270. The van der Waals surface area contributed by atoms with Crippen LogP contribution in [0, 0.1) is 5.92 Å². The van der Waals surface area contributed by atoms with Gasteiger partial charge in [0.15, 0.2) is 11.9 Å². The molecule has 11 atom stereocenters. The fraction of sp³-hybridized carbons (Fsp3) is 0.625. The third-order valence-corrected chi connectivity index (χ3v) is 18.2. The Kier molecular flexibility index (Phi) is 34.9. The van der Waals surface area contributed by atoms with Gasteiger partial charge in [0.25, 0.3) is 0 Å². The average molecular weight is 1470 g/mol. The molecule has 0 unspecified atom stereocenters. The van der Waals surface area contributed by atoms with Gasteiger partial charge in [0.2, 0.25) is 70.9 Å².